The summed E-state index contributed by atoms with van der Waals surface area (Å²) >= 11 is 0. The third-order valence-corrected chi connectivity index (χ3v) is 3.18. The van der Waals surface area contributed by atoms with Crippen molar-refractivity contribution in [2.75, 3.05) is 6.61 Å². The summed E-state index contributed by atoms with van der Waals surface area (Å²) in [6.07, 6.45) is 7.10. The largest absolute Gasteiger partial charge is 0.342 e. The quantitative estimate of drug-likeness (QED) is 0.524. The van der Waals surface area contributed by atoms with E-state index in [1.54, 1.807) is 0 Å². The van der Waals surface area contributed by atoms with E-state index >= 15 is 0 Å². The normalized spacial score (nSPS) is 11.2. The average Bonchev–Trinajstić information content (AvgIpc) is 2.92. The first-order valence-electron chi connectivity index (χ1n) is 7.48. The van der Waals surface area contributed by atoms with E-state index in [1.165, 1.54) is 5.56 Å². The molecule has 0 aliphatic heterocycles. The van der Waals surface area contributed by atoms with Gasteiger partial charge in [-0.15, -0.1) is 0 Å². The van der Waals surface area contributed by atoms with Crippen molar-refractivity contribution in [3.05, 3.63) is 54.6 Å². The van der Waals surface area contributed by atoms with Crippen LogP contribution in [0.15, 0.2) is 49.1 Å². The maximum Gasteiger partial charge on any atom is 0.247 e. The van der Waals surface area contributed by atoms with Crippen molar-refractivity contribution in [3.8, 4) is 0 Å². The fourth-order valence-corrected chi connectivity index (χ4v) is 1.92. The molecule has 0 fully saturated rings. The van der Waals surface area contributed by atoms with Crippen LogP contribution in [0.3, 0.4) is 0 Å². The zero-order valence-electron chi connectivity index (χ0n) is 12.9. The van der Waals surface area contributed by atoms with E-state index in [0.29, 0.717) is 26.0 Å². The molecule has 0 saturated carbocycles. The summed E-state index contributed by atoms with van der Waals surface area (Å²) in [7, 11) is 0. The van der Waals surface area contributed by atoms with Gasteiger partial charge in [0.1, 0.15) is 12.4 Å². The molecule has 2 aromatic rings. The number of benzene rings is 1. The van der Waals surface area contributed by atoms with Gasteiger partial charge in [0.05, 0.1) is 13.2 Å². The Morgan fingerprint density at radius 3 is 2.71 bits per heavy atom. The van der Waals surface area contributed by atoms with Crippen molar-refractivity contribution in [2.24, 2.45) is 5.92 Å². The Morgan fingerprint density at radius 2 is 1.95 bits per heavy atom. The lowest BCUT2D eigenvalue weighted by Crippen LogP contribution is -2.32. The molecular weight excluding hydrogens is 264 g/mol. The monoisotopic (exact) mass is 289 g/mol. The van der Waals surface area contributed by atoms with Crippen LogP contribution in [0.25, 0.3) is 0 Å². The molecule has 2 rings (SSSR count). The molecule has 4 heteroatoms. The fourth-order valence-electron chi connectivity index (χ4n) is 1.92. The van der Waals surface area contributed by atoms with Gasteiger partial charge in [-0.05, 0) is 17.9 Å². The molecule has 0 N–H and O–H groups in total. The van der Waals surface area contributed by atoms with Gasteiger partial charge in [-0.2, -0.15) is 0 Å². The summed E-state index contributed by atoms with van der Waals surface area (Å²) in [4.78, 5) is 0. The Morgan fingerprint density at radius 1 is 1.14 bits per heavy atom. The Bertz CT molecular complexity index is 509. The molecule has 0 atom stereocenters. The summed E-state index contributed by atoms with van der Waals surface area (Å²) in [5.41, 5.74) is 1.19. The number of imidazole rings is 1. The molecule has 0 spiro atoms. The van der Waals surface area contributed by atoms with Crippen molar-refractivity contribution >= 4 is 0 Å². The first-order chi connectivity index (χ1) is 10.2. The Kier molecular flexibility index (Phi) is 6.44. The van der Waals surface area contributed by atoms with Crippen LogP contribution in [0, 0.1) is 5.92 Å². The van der Waals surface area contributed by atoms with Gasteiger partial charge in [-0.25, -0.2) is 9.13 Å². The number of hydrogen-bond donors (Lipinski definition) is 0. The molecule has 0 aliphatic carbocycles. The lowest BCUT2D eigenvalue weighted by Gasteiger charge is -2.04. The van der Waals surface area contributed by atoms with Crippen LogP contribution in [0.2, 0.25) is 0 Å². The van der Waals surface area contributed by atoms with Gasteiger partial charge in [-0.3, -0.25) is 0 Å². The Balaban J connectivity index is 1.66. The molecule has 4 nitrogen and oxygen atoms in total. The van der Waals surface area contributed by atoms with Crippen LogP contribution in [-0.4, -0.2) is 11.2 Å². The molecule has 21 heavy (non-hydrogen) atoms. The summed E-state index contributed by atoms with van der Waals surface area (Å²) in [6, 6.07) is 10.2. The summed E-state index contributed by atoms with van der Waals surface area (Å²) in [6.45, 7) is 6.99. The second-order valence-electron chi connectivity index (χ2n) is 5.63. The first-order valence-corrected chi connectivity index (χ1v) is 7.48. The number of hydrogen-bond acceptors (Lipinski definition) is 2. The van der Waals surface area contributed by atoms with E-state index in [-0.39, 0.29) is 0 Å². The van der Waals surface area contributed by atoms with E-state index in [1.807, 2.05) is 46.1 Å². The van der Waals surface area contributed by atoms with Crippen molar-refractivity contribution in [2.45, 2.75) is 40.3 Å². The van der Waals surface area contributed by atoms with Crippen molar-refractivity contribution in [1.29, 1.82) is 0 Å². The molecule has 1 aromatic carbocycles. The van der Waals surface area contributed by atoms with Gasteiger partial charge in [0.25, 0.3) is 0 Å². The van der Waals surface area contributed by atoms with E-state index in [9.17, 15) is 0 Å². The van der Waals surface area contributed by atoms with Crippen LogP contribution in [0.1, 0.15) is 25.8 Å². The van der Waals surface area contributed by atoms with Crippen LogP contribution in [0.4, 0.5) is 0 Å². The van der Waals surface area contributed by atoms with Crippen molar-refractivity contribution in [3.63, 3.8) is 0 Å². The molecule has 0 unspecified atom stereocenters. The first kappa shape index (κ1) is 15.7. The zero-order chi connectivity index (χ0) is 14.9. The number of aromatic nitrogens is 2. The molecule has 0 bridgehead atoms. The van der Waals surface area contributed by atoms with Gasteiger partial charge in [-0.1, -0.05) is 44.2 Å². The van der Waals surface area contributed by atoms with Gasteiger partial charge >= 0.3 is 0 Å². The minimum Gasteiger partial charge on any atom is -0.342 e. The topological polar surface area (TPSA) is 27.3 Å². The number of nitrogens with zero attached hydrogens (tertiary/aromatic N) is 2. The molecule has 0 saturated heterocycles. The highest BCUT2D eigenvalue weighted by atomic mass is 16.5. The minimum atomic E-state index is 0.549. The lowest BCUT2D eigenvalue weighted by molar-refractivity contribution is -0.733. The smallest absolute Gasteiger partial charge is 0.247 e. The summed E-state index contributed by atoms with van der Waals surface area (Å²) in [5.74, 6) is 0.686. The van der Waals surface area contributed by atoms with Crippen LogP contribution in [0.5, 0.6) is 0 Å². The highest BCUT2D eigenvalue weighted by Crippen LogP contribution is 2.01. The predicted molar refractivity (Wildman–Crippen MR) is 81.3 cm³/mol. The maximum atomic E-state index is 5.68. The second-order valence-corrected chi connectivity index (χ2v) is 5.63. The fraction of sp³-hybridized carbons (Fsp3) is 0.471. The molecule has 1 heterocycles. The third kappa shape index (κ3) is 6.10. The highest BCUT2D eigenvalue weighted by molar-refractivity contribution is 5.13. The van der Waals surface area contributed by atoms with Gasteiger partial charge in [0, 0.05) is 0 Å². The standard InChI is InChI=1S/C17H25N2O2/c1-16(2)8-11-20-14-18-9-10-19(13-18)15-21-12-17-6-4-3-5-7-17/h3-7,9-10,13,16H,8,11-12,14-15H2,1-2H3/q+1. The molecule has 0 amide bonds. The average molecular weight is 289 g/mol. The highest BCUT2D eigenvalue weighted by Gasteiger charge is 2.04. The summed E-state index contributed by atoms with van der Waals surface area (Å²) in [5, 5.41) is 0. The number of rotatable bonds is 9. The molecule has 0 aliphatic rings. The van der Waals surface area contributed by atoms with E-state index in [0.717, 1.165) is 13.0 Å². The minimum absolute atomic E-state index is 0.549. The van der Waals surface area contributed by atoms with Crippen molar-refractivity contribution < 1.29 is 14.0 Å². The lowest BCUT2D eigenvalue weighted by atomic mass is 10.1. The van der Waals surface area contributed by atoms with E-state index in [4.69, 9.17) is 9.47 Å². The van der Waals surface area contributed by atoms with Crippen LogP contribution >= 0.6 is 0 Å². The molecule has 0 radical (unpaired) electrons. The summed E-state index contributed by atoms with van der Waals surface area (Å²) < 4.78 is 15.3. The zero-order valence-corrected chi connectivity index (χ0v) is 12.9. The Labute approximate surface area is 126 Å². The van der Waals surface area contributed by atoms with Gasteiger partial charge in [0.2, 0.25) is 6.33 Å². The van der Waals surface area contributed by atoms with Crippen molar-refractivity contribution in [1.82, 2.24) is 4.57 Å². The molecular formula is C17H25N2O2+. The second kappa shape index (κ2) is 8.60. The van der Waals surface area contributed by atoms with E-state index in [2.05, 4.69) is 26.0 Å². The SMILES string of the molecule is CC(C)CCOCn1cc[n+](COCc2ccccc2)c1. The van der Waals surface area contributed by atoms with Gasteiger partial charge in [0.15, 0.2) is 13.5 Å². The maximum absolute atomic E-state index is 5.68. The predicted octanol–water partition coefficient (Wildman–Crippen LogP) is 2.97. The van der Waals surface area contributed by atoms with Crippen LogP contribution < -0.4 is 4.57 Å². The third-order valence-electron chi connectivity index (χ3n) is 3.18. The Hall–Kier alpha value is -1.65. The van der Waals surface area contributed by atoms with E-state index < -0.39 is 0 Å². The molecule has 114 valence electrons. The van der Waals surface area contributed by atoms with Gasteiger partial charge < -0.3 is 9.47 Å². The molecule has 1 aromatic heterocycles. The van der Waals surface area contributed by atoms with Crippen LogP contribution in [-0.2, 0) is 29.5 Å². The number of ether oxygens (including phenoxy) is 2.